The highest BCUT2D eigenvalue weighted by Gasteiger charge is 2.01. The van der Waals surface area contributed by atoms with Gasteiger partial charge in [0.2, 0.25) is 0 Å². The van der Waals surface area contributed by atoms with E-state index in [-0.39, 0.29) is 11.4 Å². The molecule has 1 aromatic carbocycles. The van der Waals surface area contributed by atoms with Gasteiger partial charge in [0, 0.05) is 11.6 Å². The summed E-state index contributed by atoms with van der Waals surface area (Å²) in [7, 11) is 0. The second kappa shape index (κ2) is 5.65. The van der Waals surface area contributed by atoms with Crippen LogP contribution in [0.4, 0.5) is 0 Å². The molecule has 0 aromatic heterocycles. The quantitative estimate of drug-likeness (QED) is 0.776. The van der Waals surface area contributed by atoms with Crippen molar-refractivity contribution in [2.75, 3.05) is 0 Å². The highest BCUT2D eigenvalue weighted by molar-refractivity contribution is 6.30. The lowest BCUT2D eigenvalue weighted by atomic mass is 10.2. The molecule has 0 unspecified atom stereocenters. The zero-order chi connectivity index (χ0) is 12.0. The Bertz CT molecular complexity index is 493. The highest BCUT2D eigenvalue weighted by atomic mass is 35.5. The number of hydrogen-bond acceptors (Lipinski definition) is 4. The third-order valence-corrected chi connectivity index (χ3v) is 2.10. The Hall–Kier alpha value is -2.17. The van der Waals surface area contributed by atoms with Gasteiger partial charge < -0.3 is 11.1 Å². The summed E-state index contributed by atoms with van der Waals surface area (Å²) >= 11 is 5.80. The lowest BCUT2D eigenvalue weighted by Gasteiger charge is -2.05. The minimum Gasteiger partial charge on any atom is -0.388 e. The molecule has 0 atom stereocenters. The second-order valence-corrected chi connectivity index (χ2v) is 3.43. The van der Waals surface area contributed by atoms with Crippen molar-refractivity contribution in [3.63, 3.8) is 0 Å². The van der Waals surface area contributed by atoms with Crippen LogP contribution >= 0.6 is 11.6 Å². The molecule has 0 spiro atoms. The van der Waals surface area contributed by atoms with E-state index in [0.717, 1.165) is 5.56 Å². The van der Waals surface area contributed by atoms with Gasteiger partial charge in [-0.2, -0.15) is 10.5 Å². The third-order valence-electron chi connectivity index (χ3n) is 1.86. The predicted octanol–water partition coefficient (Wildman–Crippen LogP) is 1.65. The summed E-state index contributed by atoms with van der Waals surface area (Å²) in [6.45, 7) is 0.395. The van der Waals surface area contributed by atoms with Gasteiger partial charge in [0.05, 0.1) is 0 Å². The number of nitrogens with two attached hydrogens (primary N) is 1. The van der Waals surface area contributed by atoms with Crippen molar-refractivity contribution >= 4 is 11.6 Å². The molecule has 0 fully saturated rings. The lowest BCUT2D eigenvalue weighted by Crippen LogP contribution is -2.16. The number of nitriles is 2. The number of nitrogens with zero attached hydrogens (tertiary/aromatic N) is 2. The van der Waals surface area contributed by atoms with Crippen LogP contribution in [0.25, 0.3) is 0 Å². The van der Waals surface area contributed by atoms with Crippen LogP contribution in [-0.4, -0.2) is 0 Å². The number of benzene rings is 1. The van der Waals surface area contributed by atoms with E-state index in [1.165, 1.54) is 0 Å². The maximum absolute atomic E-state index is 8.73. The lowest BCUT2D eigenvalue weighted by molar-refractivity contribution is 0.827. The molecule has 0 bridgehead atoms. The van der Waals surface area contributed by atoms with Crippen molar-refractivity contribution in [3.05, 3.63) is 46.2 Å². The van der Waals surface area contributed by atoms with E-state index in [1.807, 2.05) is 18.2 Å². The van der Waals surface area contributed by atoms with Gasteiger partial charge in [-0.1, -0.05) is 23.7 Å². The fourth-order valence-corrected chi connectivity index (χ4v) is 1.30. The third kappa shape index (κ3) is 3.20. The van der Waals surface area contributed by atoms with E-state index in [2.05, 4.69) is 5.32 Å². The molecule has 80 valence electrons. The average Bonchev–Trinajstić information content (AvgIpc) is 2.29. The van der Waals surface area contributed by atoms with Gasteiger partial charge >= 0.3 is 0 Å². The first-order chi connectivity index (χ1) is 7.67. The van der Waals surface area contributed by atoms with E-state index >= 15 is 0 Å². The number of hydrogen-bond donors (Lipinski definition) is 2. The molecule has 0 saturated carbocycles. The summed E-state index contributed by atoms with van der Waals surface area (Å²) in [6, 6.07) is 10.7. The fourth-order valence-electron chi connectivity index (χ4n) is 1.09. The number of allylic oxidation sites excluding steroid dienone is 2. The van der Waals surface area contributed by atoms with Crippen molar-refractivity contribution in [1.82, 2.24) is 5.32 Å². The molecule has 16 heavy (non-hydrogen) atoms. The van der Waals surface area contributed by atoms with Crippen molar-refractivity contribution < 1.29 is 0 Å². The number of rotatable bonds is 3. The number of halogens is 1. The molecular weight excluding hydrogens is 224 g/mol. The molecule has 5 heteroatoms. The fraction of sp³-hybridized carbons (Fsp3) is 0.0909. The Kier molecular flexibility index (Phi) is 4.20. The van der Waals surface area contributed by atoms with E-state index in [0.29, 0.717) is 11.6 Å². The summed E-state index contributed by atoms with van der Waals surface area (Å²) in [5, 5.41) is 20.7. The number of nitrogens with one attached hydrogen (secondary N) is 1. The maximum Gasteiger partial charge on any atom is 0.148 e. The zero-order valence-corrected chi connectivity index (χ0v) is 9.12. The molecular formula is C11H9ClN4. The molecule has 4 nitrogen and oxygen atoms in total. The first-order valence-electron chi connectivity index (χ1n) is 4.45. The Morgan fingerprint density at radius 2 is 2.12 bits per heavy atom. The van der Waals surface area contributed by atoms with Gasteiger partial charge in [-0.15, -0.1) is 0 Å². The molecule has 0 radical (unpaired) electrons. The summed E-state index contributed by atoms with van der Waals surface area (Å²) in [6.07, 6.45) is 0. The zero-order valence-electron chi connectivity index (χ0n) is 8.37. The maximum atomic E-state index is 8.73. The molecule has 0 aliphatic rings. The smallest absolute Gasteiger partial charge is 0.148 e. The van der Waals surface area contributed by atoms with Crippen LogP contribution in [0.3, 0.4) is 0 Å². The van der Waals surface area contributed by atoms with Gasteiger partial charge in [0.15, 0.2) is 0 Å². The molecule has 0 amide bonds. The molecule has 0 heterocycles. The van der Waals surface area contributed by atoms with E-state index in [9.17, 15) is 0 Å². The van der Waals surface area contributed by atoms with E-state index < -0.39 is 0 Å². The van der Waals surface area contributed by atoms with Crippen LogP contribution in [0.15, 0.2) is 35.7 Å². The van der Waals surface area contributed by atoms with Crippen LogP contribution in [0, 0.1) is 22.7 Å². The topological polar surface area (TPSA) is 85.6 Å². The van der Waals surface area contributed by atoms with E-state index in [4.69, 9.17) is 27.9 Å². The molecule has 1 aromatic rings. The minimum absolute atomic E-state index is 0.0717. The Morgan fingerprint density at radius 3 is 2.69 bits per heavy atom. The first-order valence-corrected chi connectivity index (χ1v) is 4.83. The summed E-state index contributed by atoms with van der Waals surface area (Å²) in [4.78, 5) is 0. The molecule has 0 saturated heterocycles. The molecule has 1 rings (SSSR count). The standard InChI is InChI=1S/C11H9ClN4/c12-9-3-1-2-8(4-9)7-16-11(6-14)10(15)5-13/h1-4,16H,7,15H2/b11-10+. The summed E-state index contributed by atoms with van der Waals surface area (Å²) in [5.41, 5.74) is 6.19. The summed E-state index contributed by atoms with van der Waals surface area (Å²) < 4.78 is 0. The van der Waals surface area contributed by atoms with Crippen LogP contribution in [0.2, 0.25) is 5.02 Å². The second-order valence-electron chi connectivity index (χ2n) is 3.00. The van der Waals surface area contributed by atoms with Gasteiger partial charge in [0.1, 0.15) is 23.5 Å². The van der Waals surface area contributed by atoms with Gasteiger partial charge in [-0.05, 0) is 17.7 Å². The van der Waals surface area contributed by atoms with E-state index in [1.54, 1.807) is 18.2 Å². The van der Waals surface area contributed by atoms with Crippen LogP contribution < -0.4 is 11.1 Å². The van der Waals surface area contributed by atoms with Gasteiger partial charge in [-0.3, -0.25) is 0 Å². The van der Waals surface area contributed by atoms with Crippen molar-refractivity contribution in [1.29, 1.82) is 10.5 Å². The Labute approximate surface area is 98.5 Å². The molecule has 0 aliphatic heterocycles. The highest BCUT2D eigenvalue weighted by Crippen LogP contribution is 2.10. The van der Waals surface area contributed by atoms with Crippen LogP contribution in [0.5, 0.6) is 0 Å². The average molecular weight is 233 g/mol. The van der Waals surface area contributed by atoms with Gasteiger partial charge in [-0.25, -0.2) is 0 Å². The Balaban J connectivity index is 2.73. The molecule has 0 aliphatic carbocycles. The minimum atomic E-state index is -0.121. The normalized spacial score (nSPS) is 10.9. The monoisotopic (exact) mass is 232 g/mol. The van der Waals surface area contributed by atoms with Crippen molar-refractivity contribution in [2.45, 2.75) is 6.54 Å². The SMILES string of the molecule is N#C/C(N)=C(/C#N)NCc1cccc(Cl)c1. The summed E-state index contributed by atoms with van der Waals surface area (Å²) in [5.74, 6) is 0. The van der Waals surface area contributed by atoms with Gasteiger partial charge in [0.25, 0.3) is 0 Å². The largest absolute Gasteiger partial charge is 0.388 e. The van der Waals surface area contributed by atoms with Crippen LogP contribution in [-0.2, 0) is 6.54 Å². The van der Waals surface area contributed by atoms with Crippen LogP contribution in [0.1, 0.15) is 5.56 Å². The molecule has 3 N–H and O–H groups in total. The predicted molar refractivity (Wildman–Crippen MR) is 60.7 cm³/mol. The van der Waals surface area contributed by atoms with Crippen molar-refractivity contribution in [3.8, 4) is 12.1 Å². The van der Waals surface area contributed by atoms with Crippen molar-refractivity contribution in [2.24, 2.45) is 5.73 Å². The Morgan fingerprint density at radius 1 is 1.38 bits per heavy atom. The first kappa shape index (κ1) is 11.9.